The van der Waals surface area contributed by atoms with E-state index in [1.807, 2.05) is 20.8 Å². The summed E-state index contributed by atoms with van der Waals surface area (Å²) in [7, 11) is 1.62. The Kier molecular flexibility index (Phi) is 5.55. The van der Waals surface area contributed by atoms with Gasteiger partial charge >= 0.3 is 0 Å². The maximum Gasteiger partial charge on any atom is 0.224 e. The first-order chi connectivity index (χ1) is 11.6. The summed E-state index contributed by atoms with van der Waals surface area (Å²) in [6.07, 6.45) is 1.33. The highest BCUT2D eigenvalue weighted by Crippen LogP contribution is 2.27. The van der Waals surface area contributed by atoms with Crippen LogP contribution in [0.2, 0.25) is 0 Å². The molecule has 2 rings (SSSR count). The molecule has 0 aliphatic heterocycles. The molecular weight excluding hydrogens is 314 g/mol. The molecule has 5 heteroatoms. The van der Waals surface area contributed by atoms with Gasteiger partial charge in [0.2, 0.25) is 11.8 Å². The smallest absolute Gasteiger partial charge is 0.224 e. The van der Waals surface area contributed by atoms with Gasteiger partial charge in [-0.3, -0.25) is 9.59 Å². The molecule has 25 heavy (non-hydrogen) atoms. The van der Waals surface area contributed by atoms with Crippen LogP contribution in [-0.2, 0) is 16.0 Å². The summed E-state index contributed by atoms with van der Waals surface area (Å²) in [5.41, 5.74) is 5.13. The summed E-state index contributed by atoms with van der Waals surface area (Å²) < 4.78 is 0. The first kappa shape index (κ1) is 19.0. The van der Waals surface area contributed by atoms with Crippen LogP contribution in [0.15, 0.2) is 12.1 Å². The number of benzene rings is 1. The molecule has 0 saturated heterocycles. The molecule has 0 aliphatic carbocycles. The minimum Gasteiger partial charge on any atom is -0.359 e. The largest absolute Gasteiger partial charge is 0.359 e. The fourth-order valence-electron chi connectivity index (χ4n) is 3.26. The molecule has 5 nitrogen and oxygen atoms in total. The van der Waals surface area contributed by atoms with Gasteiger partial charge in [-0.1, -0.05) is 11.6 Å². The number of carbonyl (C=O) groups excluding carboxylic acids is 2. The molecule has 136 valence electrons. The Morgan fingerprint density at radius 3 is 2.44 bits per heavy atom. The Labute approximate surface area is 149 Å². The van der Waals surface area contributed by atoms with Gasteiger partial charge in [0.15, 0.2) is 0 Å². The molecule has 0 saturated carbocycles. The fraction of sp³-hybridized carbons (Fsp3) is 0.500. The van der Waals surface area contributed by atoms with Crippen molar-refractivity contribution >= 4 is 22.7 Å². The minimum absolute atomic E-state index is 0.0132. The molecule has 1 aromatic heterocycles. The Morgan fingerprint density at radius 2 is 1.80 bits per heavy atom. The highest BCUT2D eigenvalue weighted by molar-refractivity contribution is 5.92. The van der Waals surface area contributed by atoms with E-state index in [-0.39, 0.29) is 11.8 Å². The number of aromatic amines is 1. The molecule has 0 atom stereocenters. The van der Waals surface area contributed by atoms with Crippen LogP contribution < -0.4 is 10.6 Å². The average molecular weight is 343 g/mol. The van der Waals surface area contributed by atoms with Crippen molar-refractivity contribution in [1.29, 1.82) is 0 Å². The molecule has 2 amide bonds. The van der Waals surface area contributed by atoms with E-state index in [0.29, 0.717) is 19.3 Å². The van der Waals surface area contributed by atoms with Crippen molar-refractivity contribution in [3.05, 3.63) is 34.5 Å². The molecule has 0 spiro atoms. The van der Waals surface area contributed by atoms with Crippen LogP contribution in [0, 0.1) is 20.8 Å². The van der Waals surface area contributed by atoms with Crippen molar-refractivity contribution in [3.8, 4) is 0 Å². The van der Waals surface area contributed by atoms with Crippen molar-refractivity contribution in [2.75, 3.05) is 7.05 Å². The normalized spacial score (nSPS) is 11.6. The van der Waals surface area contributed by atoms with Gasteiger partial charge in [0.05, 0.1) is 6.42 Å². The van der Waals surface area contributed by atoms with Crippen molar-refractivity contribution in [2.24, 2.45) is 0 Å². The summed E-state index contributed by atoms with van der Waals surface area (Å²) in [4.78, 5) is 27.4. The van der Waals surface area contributed by atoms with E-state index in [1.165, 1.54) is 11.1 Å². The lowest BCUT2D eigenvalue weighted by Crippen LogP contribution is -2.44. The van der Waals surface area contributed by atoms with Crippen LogP contribution in [0.1, 0.15) is 49.1 Å². The van der Waals surface area contributed by atoms with Crippen LogP contribution in [-0.4, -0.2) is 29.4 Å². The molecule has 0 bridgehead atoms. The van der Waals surface area contributed by atoms with E-state index in [1.54, 1.807) is 7.05 Å². The number of rotatable bonds is 6. The van der Waals surface area contributed by atoms with Gasteiger partial charge in [-0.25, -0.2) is 0 Å². The number of nitrogens with one attached hydrogen (secondary N) is 3. The number of carbonyl (C=O) groups is 2. The lowest BCUT2D eigenvalue weighted by atomic mass is 9.97. The maximum absolute atomic E-state index is 12.6. The van der Waals surface area contributed by atoms with Gasteiger partial charge in [0.1, 0.15) is 0 Å². The summed E-state index contributed by atoms with van der Waals surface area (Å²) in [5.74, 6) is -0.0363. The fourth-order valence-corrected chi connectivity index (χ4v) is 3.26. The van der Waals surface area contributed by atoms with Crippen molar-refractivity contribution in [2.45, 2.75) is 59.4 Å². The summed E-state index contributed by atoms with van der Waals surface area (Å²) >= 11 is 0. The molecule has 3 N–H and O–H groups in total. The molecule has 2 aromatic rings. The maximum atomic E-state index is 12.6. The van der Waals surface area contributed by atoms with E-state index in [0.717, 1.165) is 22.2 Å². The first-order valence-corrected chi connectivity index (χ1v) is 8.73. The predicted molar refractivity (Wildman–Crippen MR) is 102 cm³/mol. The second-order valence-electron chi connectivity index (χ2n) is 7.51. The second kappa shape index (κ2) is 7.30. The Morgan fingerprint density at radius 1 is 1.12 bits per heavy atom. The lowest BCUT2D eigenvalue weighted by molar-refractivity contribution is -0.124. The quantitative estimate of drug-likeness (QED) is 0.754. The number of hydrogen-bond acceptors (Lipinski definition) is 2. The molecular formula is C20H29N3O2. The van der Waals surface area contributed by atoms with Gasteiger partial charge < -0.3 is 15.6 Å². The Hall–Kier alpha value is -2.30. The summed E-state index contributed by atoms with van der Waals surface area (Å²) in [5, 5.41) is 6.79. The summed E-state index contributed by atoms with van der Waals surface area (Å²) in [6.45, 7) is 10.1. The molecule has 0 fully saturated rings. The summed E-state index contributed by atoms with van der Waals surface area (Å²) in [6, 6.07) is 4.27. The van der Waals surface area contributed by atoms with Crippen LogP contribution in [0.4, 0.5) is 0 Å². The number of hydrogen-bond donors (Lipinski definition) is 3. The van der Waals surface area contributed by atoms with Crippen LogP contribution in [0.5, 0.6) is 0 Å². The molecule has 0 unspecified atom stereocenters. The zero-order valence-corrected chi connectivity index (χ0v) is 16.1. The third kappa shape index (κ3) is 4.62. The highest BCUT2D eigenvalue weighted by atomic mass is 16.2. The topological polar surface area (TPSA) is 74.0 Å². The predicted octanol–water partition coefficient (Wildman–Crippen LogP) is 3.06. The third-order valence-corrected chi connectivity index (χ3v) is 4.64. The highest BCUT2D eigenvalue weighted by Gasteiger charge is 2.23. The molecule has 0 radical (unpaired) electrons. The average Bonchev–Trinajstić information content (AvgIpc) is 2.81. The monoisotopic (exact) mass is 343 g/mol. The van der Waals surface area contributed by atoms with Crippen molar-refractivity contribution in [3.63, 3.8) is 0 Å². The van der Waals surface area contributed by atoms with Gasteiger partial charge in [-0.05, 0) is 58.2 Å². The number of aromatic nitrogens is 1. The number of H-pyrrole nitrogens is 1. The molecule has 0 aliphatic rings. The number of fused-ring (bicyclic) bond motifs is 1. The van der Waals surface area contributed by atoms with E-state index >= 15 is 0 Å². The van der Waals surface area contributed by atoms with Gasteiger partial charge in [0.25, 0.3) is 0 Å². The van der Waals surface area contributed by atoms with Gasteiger partial charge in [0, 0.05) is 35.6 Å². The second-order valence-corrected chi connectivity index (χ2v) is 7.51. The van der Waals surface area contributed by atoms with E-state index in [4.69, 9.17) is 0 Å². The van der Waals surface area contributed by atoms with Crippen LogP contribution >= 0.6 is 0 Å². The lowest BCUT2D eigenvalue weighted by Gasteiger charge is -2.26. The van der Waals surface area contributed by atoms with Crippen LogP contribution in [0.3, 0.4) is 0 Å². The standard InChI is InChI=1S/C20H29N3O2/c1-12-9-13(2)19-16(10-12)15(14(3)22-19)11-18(25)23-20(4,5)8-7-17(24)21-6/h9-10,22H,7-8,11H2,1-6H3,(H,21,24)(H,23,25). The van der Waals surface area contributed by atoms with Gasteiger partial charge in [-0.2, -0.15) is 0 Å². The van der Waals surface area contributed by atoms with Crippen molar-refractivity contribution in [1.82, 2.24) is 15.6 Å². The van der Waals surface area contributed by atoms with Gasteiger partial charge in [-0.15, -0.1) is 0 Å². The zero-order chi connectivity index (χ0) is 18.8. The van der Waals surface area contributed by atoms with E-state index in [9.17, 15) is 9.59 Å². The zero-order valence-electron chi connectivity index (χ0n) is 16.1. The molecule has 1 heterocycles. The minimum atomic E-state index is -0.421. The van der Waals surface area contributed by atoms with E-state index < -0.39 is 5.54 Å². The van der Waals surface area contributed by atoms with Crippen molar-refractivity contribution < 1.29 is 9.59 Å². The molecule has 1 aromatic carbocycles. The van der Waals surface area contributed by atoms with Crippen LogP contribution in [0.25, 0.3) is 10.9 Å². The SMILES string of the molecule is CNC(=O)CCC(C)(C)NC(=O)Cc1c(C)[nH]c2c(C)cc(C)cc12. The first-order valence-electron chi connectivity index (χ1n) is 8.73. The number of amides is 2. The Bertz CT molecular complexity index is 803. The number of aryl methyl sites for hydroxylation is 3. The van der Waals surface area contributed by atoms with E-state index in [2.05, 4.69) is 41.6 Å². The third-order valence-electron chi connectivity index (χ3n) is 4.64. The Balaban J connectivity index is 2.14.